The molecule has 0 aromatic carbocycles. The zero-order valence-corrected chi connectivity index (χ0v) is 14.6. The number of rotatable bonds is 4. The summed E-state index contributed by atoms with van der Waals surface area (Å²) in [5.41, 5.74) is 1.50. The van der Waals surface area contributed by atoms with E-state index in [2.05, 4.69) is 21.6 Å². The summed E-state index contributed by atoms with van der Waals surface area (Å²) in [5.74, 6) is -0.752. The SMILES string of the molecule is C=C(C)CNC(=S)N1CCCN1C(=O)c1ccc(C(=O)OC)cn1. The number of hydrogen-bond donors (Lipinski definition) is 1. The number of carbonyl (C=O) groups excluding carboxylic acids is 2. The van der Waals surface area contributed by atoms with Crippen LogP contribution in [0.4, 0.5) is 0 Å². The van der Waals surface area contributed by atoms with Crippen molar-refractivity contribution in [2.75, 3.05) is 26.7 Å². The van der Waals surface area contributed by atoms with Crippen molar-refractivity contribution in [3.05, 3.63) is 41.7 Å². The number of nitrogens with zero attached hydrogens (tertiary/aromatic N) is 3. The van der Waals surface area contributed by atoms with E-state index >= 15 is 0 Å². The number of pyridine rings is 1. The first-order valence-electron chi connectivity index (χ1n) is 7.50. The molecule has 1 N–H and O–H groups in total. The van der Waals surface area contributed by atoms with Crippen LogP contribution in [-0.4, -0.2) is 58.7 Å². The number of carbonyl (C=O) groups is 2. The van der Waals surface area contributed by atoms with Crippen molar-refractivity contribution in [3.63, 3.8) is 0 Å². The molecule has 1 aromatic rings. The van der Waals surface area contributed by atoms with Crippen LogP contribution < -0.4 is 5.32 Å². The third kappa shape index (κ3) is 4.08. The predicted octanol–water partition coefficient (Wildman–Crippen LogP) is 1.38. The second kappa shape index (κ2) is 7.87. The first-order valence-corrected chi connectivity index (χ1v) is 7.90. The maximum atomic E-state index is 12.7. The molecule has 2 heterocycles. The van der Waals surface area contributed by atoms with E-state index in [0.717, 1.165) is 12.0 Å². The van der Waals surface area contributed by atoms with Crippen molar-refractivity contribution in [1.82, 2.24) is 20.3 Å². The van der Waals surface area contributed by atoms with Gasteiger partial charge in [-0.05, 0) is 37.7 Å². The highest BCUT2D eigenvalue weighted by atomic mass is 32.1. The summed E-state index contributed by atoms with van der Waals surface area (Å²) in [7, 11) is 1.29. The minimum absolute atomic E-state index is 0.247. The lowest BCUT2D eigenvalue weighted by molar-refractivity contribution is 0.0484. The molecule has 8 heteroatoms. The van der Waals surface area contributed by atoms with Crippen LogP contribution >= 0.6 is 12.2 Å². The summed E-state index contributed by atoms with van der Waals surface area (Å²) >= 11 is 5.35. The molecule has 1 aliphatic rings. The van der Waals surface area contributed by atoms with Gasteiger partial charge in [0.2, 0.25) is 0 Å². The first kappa shape index (κ1) is 17.9. The Kier molecular flexibility index (Phi) is 5.86. The minimum Gasteiger partial charge on any atom is -0.465 e. The molecule has 0 bridgehead atoms. The lowest BCUT2D eigenvalue weighted by Crippen LogP contribution is -2.49. The van der Waals surface area contributed by atoms with Crippen molar-refractivity contribution in [2.24, 2.45) is 0 Å². The molecule has 1 aliphatic heterocycles. The molecule has 1 fully saturated rings. The van der Waals surface area contributed by atoms with Gasteiger partial charge in [0.15, 0.2) is 5.11 Å². The van der Waals surface area contributed by atoms with Crippen LogP contribution in [0.2, 0.25) is 0 Å². The third-order valence-electron chi connectivity index (χ3n) is 3.45. The second-order valence-electron chi connectivity index (χ2n) is 5.44. The Morgan fingerprint density at radius 1 is 1.38 bits per heavy atom. The largest absolute Gasteiger partial charge is 0.465 e. The molecule has 7 nitrogen and oxygen atoms in total. The van der Waals surface area contributed by atoms with E-state index in [-0.39, 0.29) is 11.6 Å². The summed E-state index contributed by atoms with van der Waals surface area (Å²) in [6.45, 7) is 7.50. The second-order valence-corrected chi connectivity index (χ2v) is 5.83. The maximum Gasteiger partial charge on any atom is 0.339 e. The van der Waals surface area contributed by atoms with Gasteiger partial charge < -0.3 is 10.1 Å². The van der Waals surface area contributed by atoms with Crippen LogP contribution in [0.25, 0.3) is 0 Å². The van der Waals surface area contributed by atoms with Crippen molar-refractivity contribution < 1.29 is 14.3 Å². The fraction of sp³-hybridized carbons (Fsp3) is 0.375. The smallest absolute Gasteiger partial charge is 0.339 e. The fourth-order valence-electron chi connectivity index (χ4n) is 2.24. The van der Waals surface area contributed by atoms with Gasteiger partial charge in [-0.2, -0.15) is 0 Å². The van der Waals surface area contributed by atoms with Gasteiger partial charge in [0.1, 0.15) is 5.69 Å². The molecule has 128 valence electrons. The van der Waals surface area contributed by atoms with Crippen molar-refractivity contribution in [3.8, 4) is 0 Å². The van der Waals surface area contributed by atoms with Crippen LogP contribution in [0, 0.1) is 0 Å². The molecule has 0 aliphatic carbocycles. The lowest BCUT2D eigenvalue weighted by Gasteiger charge is -2.30. The van der Waals surface area contributed by atoms with Crippen LogP contribution in [0.5, 0.6) is 0 Å². The minimum atomic E-state index is -0.491. The summed E-state index contributed by atoms with van der Waals surface area (Å²) < 4.78 is 4.62. The van der Waals surface area contributed by atoms with Crippen LogP contribution in [0.1, 0.15) is 34.2 Å². The number of amides is 1. The van der Waals surface area contributed by atoms with Gasteiger partial charge in [0.05, 0.1) is 12.7 Å². The zero-order valence-electron chi connectivity index (χ0n) is 13.7. The zero-order chi connectivity index (χ0) is 17.7. The highest BCUT2D eigenvalue weighted by Crippen LogP contribution is 2.15. The van der Waals surface area contributed by atoms with Gasteiger partial charge in [-0.25, -0.2) is 9.80 Å². The number of aromatic nitrogens is 1. The van der Waals surface area contributed by atoms with Gasteiger partial charge in [0, 0.05) is 25.8 Å². The van der Waals surface area contributed by atoms with E-state index in [1.165, 1.54) is 25.4 Å². The molecule has 0 radical (unpaired) electrons. The Bertz CT molecular complexity index is 660. The van der Waals surface area contributed by atoms with Gasteiger partial charge in [-0.1, -0.05) is 12.2 Å². The topological polar surface area (TPSA) is 74.8 Å². The van der Waals surface area contributed by atoms with Crippen LogP contribution in [0.15, 0.2) is 30.5 Å². The van der Waals surface area contributed by atoms with Gasteiger partial charge in [-0.15, -0.1) is 0 Å². The quantitative estimate of drug-likeness (QED) is 0.500. The Balaban J connectivity index is 2.08. The van der Waals surface area contributed by atoms with E-state index in [1.54, 1.807) is 10.0 Å². The molecule has 0 unspecified atom stereocenters. The Morgan fingerprint density at radius 3 is 2.67 bits per heavy atom. The molecule has 0 saturated carbocycles. The number of hydrogen-bond acceptors (Lipinski definition) is 5. The van der Waals surface area contributed by atoms with Crippen LogP contribution in [-0.2, 0) is 4.74 Å². The summed E-state index contributed by atoms with van der Waals surface area (Å²) in [5, 5.41) is 6.85. The van der Waals surface area contributed by atoms with Crippen molar-refractivity contribution >= 4 is 29.2 Å². The highest BCUT2D eigenvalue weighted by Gasteiger charge is 2.30. The molecule has 1 amide bonds. The molecule has 24 heavy (non-hydrogen) atoms. The highest BCUT2D eigenvalue weighted by molar-refractivity contribution is 7.80. The van der Waals surface area contributed by atoms with Crippen molar-refractivity contribution in [1.29, 1.82) is 0 Å². The Morgan fingerprint density at radius 2 is 2.08 bits per heavy atom. The molecule has 1 saturated heterocycles. The number of methoxy groups -OCH3 is 1. The molecular weight excluding hydrogens is 328 g/mol. The van der Waals surface area contributed by atoms with Gasteiger partial charge in [-0.3, -0.25) is 14.8 Å². The Hall–Kier alpha value is -2.48. The fourth-order valence-corrected chi connectivity index (χ4v) is 2.51. The standard InChI is InChI=1S/C16H20N4O3S/c1-11(2)9-18-16(24)20-8-4-7-19(20)14(21)13-6-5-12(10-17-13)15(22)23-3/h5-6,10H,1,4,7-9H2,2-3H3,(H,18,24). The first-order chi connectivity index (χ1) is 11.4. The lowest BCUT2D eigenvalue weighted by atomic mass is 10.2. The van der Waals surface area contributed by atoms with E-state index in [1.807, 2.05) is 6.92 Å². The molecule has 1 aromatic heterocycles. The molecule has 0 atom stereocenters. The number of esters is 1. The average molecular weight is 348 g/mol. The van der Waals surface area contributed by atoms with Crippen LogP contribution in [0.3, 0.4) is 0 Å². The van der Waals surface area contributed by atoms with Gasteiger partial charge >= 0.3 is 5.97 Å². The van der Waals surface area contributed by atoms with E-state index < -0.39 is 5.97 Å². The summed E-state index contributed by atoms with van der Waals surface area (Å²) in [4.78, 5) is 28.1. The summed E-state index contributed by atoms with van der Waals surface area (Å²) in [6, 6.07) is 3.03. The number of thiocarbonyl (C=S) groups is 1. The molecular formula is C16H20N4O3S. The summed E-state index contributed by atoms with van der Waals surface area (Å²) in [6.07, 6.45) is 2.15. The maximum absolute atomic E-state index is 12.7. The van der Waals surface area contributed by atoms with E-state index in [9.17, 15) is 9.59 Å². The third-order valence-corrected chi connectivity index (χ3v) is 3.80. The predicted molar refractivity (Wildman–Crippen MR) is 93.4 cm³/mol. The molecule has 0 spiro atoms. The normalized spacial score (nSPS) is 13.6. The number of nitrogens with one attached hydrogen (secondary N) is 1. The van der Waals surface area contributed by atoms with Crippen molar-refractivity contribution in [2.45, 2.75) is 13.3 Å². The van der Waals surface area contributed by atoms with E-state index in [4.69, 9.17) is 12.2 Å². The Labute approximate surface area is 146 Å². The average Bonchev–Trinajstić information content (AvgIpc) is 3.08. The monoisotopic (exact) mass is 348 g/mol. The number of ether oxygens (including phenoxy) is 1. The molecule has 2 rings (SSSR count). The van der Waals surface area contributed by atoms with Gasteiger partial charge in [0.25, 0.3) is 5.91 Å². The number of hydrazine groups is 1. The van der Waals surface area contributed by atoms with E-state index in [0.29, 0.717) is 30.3 Å².